The molecule has 2 N–H and O–H groups in total. The summed E-state index contributed by atoms with van der Waals surface area (Å²) in [6.07, 6.45) is 0. The predicted octanol–water partition coefficient (Wildman–Crippen LogP) is 3.51. The molecule has 0 saturated carbocycles. The Kier molecular flexibility index (Phi) is 4.76. The van der Waals surface area contributed by atoms with Crippen LogP contribution >= 0.6 is 0 Å². The monoisotopic (exact) mass is 282 g/mol. The summed E-state index contributed by atoms with van der Waals surface area (Å²) < 4.78 is 0. The van der Waals surface area contributed by atoms with Gasteiger partial charge in [-0.15, -0.1) is 0 Å². The zero-order valence-corrected chi connectivity index (χ0v) is 12.8. The van der Waals surface area contributed by atoms with E-state index in [1.54, 1.807) is 0 Å². The number of rotatable bonds is 4. The van der Waals surface area contributed by atoms with Crippen molar-refractivity contribution in [2.45, 2.75) is 33.4 Å². The number of nitrogens with zero attached hydrogens (tertiary/aromatic N) is 1. The quantitative estimate of drug-likeness (QED) is 0.932. The Bertz CT molecular complexity index is 600. The lowest BCUT2D eigenvalue weighted by molar-refractivity contribution is 0.0980. The van der Waals surface area contributed by atoms with E-state index in [-0.39, 0.29) is 11.9 Å². The average Bonchev–Trinajstić information content (AvgIpc) is 2.48. The van der Waals surface area contributed by atoms with Gasteiger partial charge in [0.15, 0.2) is 0 Å². The van der Waals surface area contributed by atoms with Crippen LogP contribution in [0.1, 0.15) is 35.3 Å². The van der Waals surface area contributed by atoms with E-state index in [9.17, 15) is 4.79 Å². The molecule has 0 aliphatic rings. The van der Waals surface area contributed by atoms with Crippen LogP contribution in [0.3, 0.4) is 0 Å². The fourth-order valence-corrected chi connectivity index (χ4v) is 2.28. The van der Waals surface area contributed by atoms with Crippen LogP contribution in [-0.2, 0) is 6.54 Å². The molecule has 2 aromatic rings. The van der Waals surface area contributed by atoms with Crippen molar-refractivity contribution >= 4 is 11.6 Å². The molecule has 2 rings (SSSR count). The van der Waals surface area contributed by atoms with Gasteiger partial charge in [0.25, 0.3) is 5.91 Å². The van der Waals surface area contributed by atoms with Crippen LogP contribution in [0.15, 0.2) is 48.5 Å². The number of carbonyl (C=O) groups is 1. The van der Waals surface area contributed by atoms with Gasteiger partial charge in [-0.1, -0.05) is 29.8 Å². The Morgan fingerprint density at radius 1 is 1.05 bits per heavy atom. The highest BCUT2D eigenvalue weighted by molar-refractivity contribution is 6.06. The van der Waals surface area contributed by atoms with E-state index in [0.717, 1.165) is 16.8 Å². The third kappa shape index (κ3) is 3.50. The molecule has 3 nitrogen and oxygen atoms in total. The molecule has 3 heteroatoms. The van der Waals surface area contributed by atoms with Gasteiger partial charge >= 0.3 is 0 Å². The molecule has 1 amide bonds. The van der Waals surface area contributed by atoms with E-state index in [2.05, 4.69) is 0 Å². The molecule has 0 aromatic heterocycles. The van der Waals surface area contributed by atoms with Crippen LogP contribution < -0.4 is 10.6 Å². The smallest absolute Gasteiger partial charge is 0.258 e. The van der Waals surface area contributed by atoms with Crippen LogP contribution in [0.25, 0.3) is 0 Å². The fraction of sp³-hybridized carbons (Fsp3) is 0.278. The van der Waals surface area contributed by atoms with Crippen LogP contribution in [0.4, 0.5) is 5.69 Å². The van der Waals surface area contributed by atoms with Crippen molar-refractivity contribution in [3.8, 4) is 0 Å². The van der Waals surface area contributed by atoms with Gasteiger partial charge in [0.05, 0.1) is 0 Å². The van der Waals surface area contributed by atoms with E-state index in [0.29, 0.717) is 12.1 Å². The molecule has 0 aliphatic carbocycles. The molecular formula is C18H22N2O. The second-order valence-corrected chi connectivity index (χ2v) is 5.51. The first kappa shape index (κ1) is 15.3. The van der Waals surface area contributed by atoms with Crippen molar-refractivity contribution in [1.82, 2.24) is 0 Å². The van der Waals surface area contributed by atoms with Crippen LogP contribution in [0, 0.1) is 6.92 Å². The highest BCUT2D eigenvalue weighted by Crippen LogP contribution is 2.21. The summed E-state index contributed by atoms with van der Waals surface area (Å²) in [4.78, 5) is 14.6. The van der Waals surface area contributed by atoms with Crippen LogP contribution in [0.2, 0.25) is 0 Å². The van der Waals surface area contributed by atoms with Crippen LogP contribution in [0.5, 0.6) is 0 Å². The molecule has 110 valence electrons. The van der Waals surface area contributed by atoms with Gasteiger partial charge in [-0.25, -0.2) is 0 Å². The van der Waals surface area contributed by atoms with Gasteiger partial charge in [-0.2, -0.15) is 0 Å². The van der Waals surface area contributed by atoms with Crippen molar-refractivity contribution in [3.05, 3.63) is 65.2 Å². The molecule has 0 aliphatic heterocycles. The Balaban J connectivity index is 2.33. The van der Waals surface area contributed by atoms with Crippen molar-refractivity contribution < 1.29 is 4.79 Å². The van der Waals surface area contributed by atoms with Gasteiger partial charge in [-0.3, -0.25) is 4.79 Å². The average molecular weight is 282 g/mol. The normalized spacial score (nSPS) is 10.7. The number of benzene rings is 2. The third-order valence-electron chi connectivity index (χ3n) is 3.48. The number of hydrogen-bond donors (Lipinski definition) is 1. The number of aryl methyl sites for hydroxylation is 1. The molecule has 0 unspecified atom stereocenters. The largest absolute Gasteiger partial charge is 0.326 e. The number of anilines is 1. The van der Waals surface area contributed by atoms with Crippen LogP contribution in [-0.4, -0.2) is 11.9 Å². The lowest BCUT2D eigenvalue weighted by atomic mass is 10.1. The molecule has 21 heavy (non-hydrogen) atoms. The zero-order valence-electron chi connectivity index (χ0n) is 12.8. The number of amides is 1. The topological polar surface area (TPSA) is 46.3 Å². The highest BCUT2D eigenvalue weighted by Gasteiger charge is 2.20. The van der Waals surface area contributed by atoms with Crippen molar-refractivity contribution in [2.75, 3.05) is 4.90 Å². The minimum Gasteiger partial charge on any atom is -0.326 e. The van der Waals surface area contributed by atoms with E-state index >= 15 is 0 Å². The van der Waals surface area contributed by atoms with E-state index < -0.39 is 0 Å². The summed E-state index contributed by atoms with van der Waals surface area (Å²) in [6.45, 7) is 6.56. The van der Waals surface area contributed by atoms with Gasteiger partial charge in [-0.05, 0) is 50.6 Å². The minimum absolute atomic E-state index is 0.0190. The first-order chi connectivity index (χ1) is 10.0. The summed E-state index contributed by atoms with van der Waals surface area (Å²) >= 11 is 0. The molecule has 2 aromatic carbocycles. The summed E-state index contributed by atoms with van der Waals surface area (Å²) in [5.74, 6) is 0.0190. The van der Waals surface area contributed by atoms with Crippen molar-refractivity contribution in [2.24, 2.45) is 5.73 Å². The number of carbonyl (C=O) groups excluding carboxylic acids is 1. The third-order valence-corrected chi connectivity index (χ3v) is 3.48. The lowest BCUT2D eigenvalue weighted by Crippen LogP contribution is -2.37. The number of hydrogen-bond acceptors (Lipinski definition) is 2. The molecule has 0 atom stereocenters. The fourth-order valence-electron chi connectivity index (χ4n) is 2.28. The van der Waals surface area contributed by atoms with E-state index in [4.69, 9.17) is 5.73 Å². The van der Waals surface area contributed by atoms with Crippen molar-refractivity contribution in [3.63, 3.8) is 0 Å². The minimum atomic E-state index is 0.0190. The van der Waals surface area contributed by atoms with Gasteiger partial charge in [0, 0.05) is 23.8 Å². The highest BCUT2D eigenvalue weighted by atomic mass is 16.2. The summed E-state index contributed by atoms with van der Waals surface area (Å²) in [5, 5.41) is 0. The maximum absolute atomic E-state index is 12.8. The molecule has 0 fully saturated rings. The predicted molar refractivity (Wildman–Crippen MR) is 87.5 cm³/mol. The molecule has 0 bridgehead atoms. The first-order valence-corrected chi connectivity index (χ1v) is 7.22. The first-order valence-electron chi connectivity index (χ1n) is 7.22. The molecule has 0 saturated heterocycles. The van der Waals surface area contributed by atoms with Crippen molar-refractivity contribution in [1.29, 1.82) is 0 Å². The Labute approximate surface area is 126 Å². The molecule has 0 spiro atoms. The molecular weight excluding hydrogens is 260 g/mol. The maximum atomic E-state index is 12.8. The Morgan fingerprint density at radius 3 is 2.10 bits per heavy atom. The van der Waals surface area contributed by atoms with Gasteiger partial charge in [0.2, 0.25) is 0 Å². The number of nitrogens with two attached hydrogens (primary N) is 1. The van der Waals surface area contributed by atoms with Gasteiger partial charge in [0.1, 0.15) is 0 Å². The van der Waals surface area contributed by atoms with E-state index in [1.165, 1.54) is 0 Å². The summed E-state index contributed by atoms with van der Waals surface area (Å²) in [7, 11) is 0. The summed E-state index contributed by atoms with van der Waals surface area (Å²) in [5.41, 5.74) is 9.43. The lowest BCUT2D eigenvalue weighted by Gasteiger charge is -2.27. The summed E-state index contributed by atoms with van der Waals surface area (Å²) in [6, 6.07) is 15.6. The second-order valence-electron chi connectivity index (χ2n) is 5.51. The second kappa shape index (κ2) is 6.55. The molecule has 0 radical (unpaired) electrons. The van der Waals surface area contributed by atoms with E-state index in [1.807, 2.05) is 74.2 Å². The standard InChI is InChI=1S/C18H22N2O/c1-13(2)20(17-10-6-15(12-19)7-11-17)18(21)16-8-4-14(3)5-9-16/h4-11,13H,12,19H2,1-3H3. The SMILES string of the molecule is Cc1ccc(C(=O)N(c2ccc(CN)cc2)C(C)C)cc1. The zero-order chi connectivity index (χ0) is 15.4. The van der Waals surface area contributed by atoms with Gasteiger partial charge < -0.3 is 10.6 Å². The Hall–Kier alpha value is -2.13. The molecule has 0 heterocycles. The Morgan fingerprint density at radius 2 is 1.62 bits per heavy atom. The maximum Gasteiger partial charge on any atom is 0.258 e.